The van der Waals surface area contributed by atoms with Crippen LogP contribution in [0.4, 0.5) is 0 Å². The molecule has 1 heterocycles. The first kappa shape index (κ1) is 14.8. The second-order valence-corrected chi connectivity index (χ2v) is 7.60. The van der Waals surface area contributed by atoms with E-state index in [0.717, 1.165) is 37.6 Å². The normalized spacial score (nSPS) is 38.7. The first-order valence-corrected chi connectivity index (χ1v) is 7.92. The summed E-state index contributed by atoms with van der Waals surface area (Å²) in [5.74, 6) is 1.69. The van der Waals surface area contributed by atoms with E-state index < -0.39 is 0 Å². The maximum atomic E-state index is 12.5. The average molecular weight is 266 g/mol. The van der Waals surface area contributed by atoms with E-state index in [1.807, 2.05) is 0 Å². The first-order chi connectivity index (χ1) is 8.88. The van der Waals surface area contributed by atoms with Crippen molar-refractivity contribution in [1.29, 1.82) is 0 Å². The molecule has 3 nitrogen and oxygen atoms in total. The van der Waals surface area contributed by atoms with Crippen molar-refractivity contribution in [3.63, 3.8) is 0 Å². The van der Waals surface area contributed by atoms with Gasteiger partial charge in [0.2, 0.25) is 5.91 Å². The molecule has 1 saturated carbocycles. The zero-order valence-electron chi connectivity index (χ0n) is 13.0. The van der Waals surface area contributed by atoms with Crippen molar-refractivity contribution >= 4 is 5.91 Å². The Morgan fingerprint density at radius 1 is 1.16 bits per heavy atom. The molecule has 110 valence electrons. The zero-order chi connectivity index (χ0) is 14.0. The third kappa shape index (κ3) is 3.71. The van der Waals surface area contributed by atoms with Gasteiger partial charge in [-0.15, -0.1) is 0 Å². The van der Waals surface area contributed by atoms with Crippen LogP contribution >= 0.6 is 0 Å². The molecule has 0 aromatic rings. The average Bonchev–Trinajstić information content (AvgIpc) is 2.26. The van der Waals surface area contributed by atoms with Gasteiger partial charge >= 0.3 is 0 Å². The largest absolute Gasteiger partial charge is 0.352 e. The van der Waals surface area contributed by atoms with Gasteiger partial charge in [0.05, 0.1) is 6.04 Å². The summed E-state index contributed by atoms with van der Waals surface area (Å²) in [7, 11) is 0. The number of carbonyl (C=O) groups excluding carboxylic acids is 1. The molecular formula is C16H30N2O. The van der Waals surface area contributed by atoms with E-state index in [9.17, 15) is 4.79 Å². The van der Waals surface area contributed by atoms with Gasteiger partial charge in [-0.2, -0.15) is 0 Å². The van der Waals surface area contributed by atoms with Crippen LogP contribution in [-0.2, 0) is 4.79 Å². The molecule has 3 heteroatoms. The summed E-state index contributed by atoms with van der Waals surface area (Å²) >= 11 is 0. The number of hydrogen-bond donors (Lipinski definition) is 2. The van der Waals surface area contributed by atoms with E-state index in [0.29, 0.717) is 6.04 Å². The number of nitrogens with one attached hydrogen (secondary N) is 2. The van der Waals surface area contributed by atoms with Gasteiger partial charge in [0, 0.05) is 6.04 Å². The van der Waals surface area contributed by atoms with Crippen LogP contribution in [0.25, 0.3) is 0 Å². The summed E-state index contributed by atoms with van der Waals surface area (Å²) in [4.78, 5) is 12.5. The second-order valence-electron chi connectivity index (χ2n) is 7.60. The quantitative estimate of drug-likeness (QED) is 0.807. The molecule has 1 amide bonds. The molecule has 2 fully saturated rings. The van der Waals surface area contributed by atoms with Gasteiger partial charge in [-0.1, -0.05) is 27.7 Å². The van der Waals surface area contributed by atoms with Crippen molar-refractivity contribution in [1.82, 2.24) is 10.6 Å². The van der Waals surface area contributed by atoms with Gasteiger partial charge in [0.1, 0.15) is 0 Å². The lowest BCUT2D eigenvalue weighted by atomic mass is 9.76. The van der Waals surface area contributed by atoms with Crippen molar-refractivity contribution in [2.24, 2.45) is 17.3 Å². The Hall–Kier alpha value is -0.570. The Balaban J connectivity index is 1.93. The highest BCUT2D eigenvalue weighted by molar-refractivity contribution is 5.83. The summed E-state index contributed by atoms with van der Waals surface area (Å²) in [5, 5.41) is 6.71. The predicted molar refractivity (Wildman–Crippen MR) is 78.9 cm³/mol. The Kier molecular flexibility index (Phi) is 4.54. The van der Waals surface area contributed by atoms with Gasteiger partial charge in [0.25, 0.3) is 0 Å². The molecule has 0 radical (unpaired) electrons. The zero-order valence-corrected chi connectivity index (χ0v) is 13.0. The molecule has 3 unspecified atom stereocenters. The minimum atomic E-state index is -0.0196. The number of piperidine rings is 1. The van der Waals surface area contributed by atoms with Crippen LogP contribution in [0.1, 0.15) is 59.8 Å². The SMILES string of the molecule is CC1CC(C)CC(NC(=O)C2NCCCC2(C)C)C1. The van der Waals surface area contributed by atoms with Gasteiger partial charge < -0.3 is 10.6 Å². The fourth-order valence-corrected chi connectivity index (χ4v) is 4.01. The monoisotopic (exact) mass is 266 g/mol. The highest BCUT2D eigenvalue weighted by Crippen LogP contribution is 2.32. The van der Waals surface area contributed by atoms with Crippen LogP contribution in [-0.4, -0.2) is 24.5 Å². The standard InChI is InChI=1S/C16H30N2O/c1-11-8-12(2)10-13(9-11)18-15(19)14-16(3,4)6-5-7-17-14/h11-14,17H,5-10H2,1-4H3,(H,18,19). The number of rotatable bonds is 2. The van der Waals surface area contributed by atoms with E-state index in [1.165, 1.54) is 12.8 Å². The van der Waals surface area contributed by atoms with E-state index >= 15 is 0 Å². The van der Waals surface area contributed by atoms with Crippen molar-refractivity contribution < 1.29 is 4.79 Å². The molecule has 2 N–H and O–H groups in total. The van der Waals surface area contributed by atoms with Crippen molar-refractivity contribution in [2.45, 2.75) is 71.9 Å². The lowest BCUT2D eigenvalue weighted by Crippen LogP contribution is -2.57. The van der Waals surface area contributed by atoms with Gasteiger partial charge in [-0.05, 0) is 55.9 Å². The van der Waals surface area contributed by atoms with E-state index in [4.69, 9.17) is 0 Å². The van der Waals surface area contributed by atoms with Crippen molar-refractivity contribution in [3.05, 3.63) is 0 Å². The summed E-state index contributed by atoms with van der Waals surface area (Å²) in [6.45, 7) is 9.99. The molecular weight excluding hydrogens is 236 g/mol. The Bertz CT molecular complexity index is 317. The van der Waals surface area contributed by atoms with Crippen LogP contribution in [0.15, 0.2) is 0 Å². The molecule has 2 aliphatic rings. The maximum absolute atomic E-state index is 12.5. The van der Waals surface area contributed by atoms with Gasteiger partial charge in [0.15, 0.2) is 0 Å². The molecule has 1 aliphatic carbocycles. The van der Waals surface area contributed by atoms with Crippen LogP contribution < -0.4 is 10.6 Å². The molecule has 19 heavy (non-hydrogen) atoms. The first-order valence-electron chi connectivity index (χ1n) is 7.92. The van der Waals surface area contributed by atoms with Gasteiger partial charge in [-0.25, -0.2) is 0 Å². The molecule has 0 bridgehead atoms. The van der Waals surface area contributed by atoms with Crippen molar-refractivity contribution in [3.8, 4) is 0 Å². The Morgan fingerprint density at radius 2 is 1.79 bits per heavy atom. The summed E-state index contributed by atoms with van der Waals surface area (Å²) in [5.41, 5.74) is 0.0776. The number of amides is 1. The van der Waals surface area contributed by atoms with Crippen LogP contribution in [0.3, 0.4) is 0 Å². The smallest absolute Gasteiger partial charge is 0.237 e. The fourth-order valence-electron chi connectivity index (χ4n) is 4.01. The third-order valence-electron chi connectivity index (χ3n) is 4.91. The van der Waals surface area contributed by atoms with Crippen molar-refractivity contribution in [2.75, 3.05) is 6.54 Å². The molecule has 3 atom stereocenters. The maximum Gasteiger partial charge on any atom is 0.237 e. The molecule has 2 rings (SSSR count). The molecule has 0 spiro atoms. The minimum Gasteiger partial charge on any atom is -0.352 e. The van der Waals surface area contributed by atoms with E-state index in [1.54, 1.807) is 0 Å². The summed E-state index contributed by atoms with van der Waals surface area (Å²) < 4.78 is 0. The molecule has 1 saturated heterocycles. The lowest BCUT2D eigenvalue weighted by Gasteiger charge is -2.40. The lowest BCUT2D eigenvalue weighted by molar-refractivity contribution is -0.127. The molecule has 0 aromatic heterocycles. The highest BCUT2D eigenvalue weighted by Gasteiger charge is 2.38. The highest BCUT2D eigenvalue weighted by atomic mass is 16.2. The molecule has 1 aliphatic heterocycles. The van der Waals surface area contributed by atoms with Crippen LogP contribution in [0.5, 0.6) is 0 Å². The van der Waals surface area contributed by atoms with Crippen LogP contribution in [0, 0.1) is 17.3 Å². The summed E-state index contributed by atoms with van der Waals surface area (Å²) in [6, 6.07) is 0.361. The third-order valence-corrected chi connectivity index (χ3v) is 4.91. The van der Waals surface area contributed by atoms with E-state index in [2.05, 4.69) is 38.3 Å². The molecule has 0 aromatic carbocycles. The number of hydrogen-bond acceptors (Lipinski definition) is 2. The fraction of sp³-hybridized carbons (Fsp3) is 0.938. The van der Waals surface area contributed by atoms with Gasteiger partial charge in [-0.3, -0.25) is 4.79 Å². The number of carbonyl (C=O) groups is 1. The van der Waals surface area contributed by atoms with E-state index in [-0.39, 0.29) is 17.4 Å². The Morgan fingerprint density at radius 3 is 2.37 bits per heavy atom. The predicted octanol–water partition coefficient (Wildman–Crippen LogP) is 2.71. The Labute approximate surface area is 117 Å². The minimum absolute atomic E-state index is 0.0196. The summed E-state index contributed by atoms with van der Waals surface area (Å²) in [6.07, 6.45) is 5.90. The second kappa shape index (κ2) is 5.82. The topological polar surface area (TPSA) is 41.1 Å². The van der Waals surface area contributed by atoms with Crippen LogP contribution in [0.2, 0.25) is 0 Å².